The van der Waals surface area contributed by atoms with Gasteiger partial charge in [0.1, 0.15) is 0 Å². The first-order valence-corrected chi connectivity index (χ1v) is 9.65. The van der Waals surface area contributed by atoms with Crippen LogP contribution in [0.25, 0.3) is 0 Å². The number of hydrogen-bond acceptors (Lipinski definition) is 4. The Morgan fingerprint density at radius 1 is 1.24 bits per heavy atom. The molecule has 0 aliphatic heterocycles. The summed E-state index contributed by atoms with van der Waals surface area (Å²) < 4.78 is 4.78. The van der Waals surface area contributed by atoms with Crippen molar-refractivity contribution in [3.05, 3.63) is 23.8 Å². The van der Waals surface area contributed by atoms with Gasteiger partial charge in [-0.15, -0.1) is 0 Å². The molecule has 1 aliphatic rings. The zero-order chi connectivity index (χ0) is 18.4. The van der Waals surface area contributed by atoms with E-state index in [1.54, 1.807) is 0 Å². The first kappa shape index (κ1) is 19.6. The molecule has 1 saturated carbocycles. The van der Waals surface area contributed by atoms with Gasteiger partial charge in [-0.3, -0.25) is 4.79 Å². The number of ether oxygens (including phenoxy) is 1. The average molecular weight is 347 g/mol. The highest BCUT2D eigenvalue weighted by atomic mass is 16.5. The molecular formula is C21H34N2O2. The van der Waals surface area contributed by atoms with Crippen molar-refractivity contribution in [3.63, 3.8) is 0 Å². The van der Waals surface area contributed by atoms with Crippen LogP contribution in [0.15, 0.2) is 18.2 Å². The maximum absolute atomic E-state index is 11.5. The first-order chi connectivity index (χ1) is 11.9. The fourth-order valence-electron chi connectivity index (χ4n) is 3.82. The van der Waals surface area contributed by atoms with Gasteiger partial charge >= 0.3 is 5.97 Å². The Kier molecular flexibility index (Phi) is 7.15. The molecule has 0 bridgehead atoms. The van der Waals surface area contributed by atoms with Crippen molar-refractivity contribution in [2.45, 2.75) is 71.3 Å². The number of carbonyl (C=O) groups excluding carboxylic acids is 1. The molecule has 1 fully saturated rings. The van der Waals surface area contributed by atoms with Gasteiger partial charge in [0.05, 0.1) is 24.9 Å². The van der Waals surface area contributed by atoms with Gasteiger partial charge in [0.15, 0.2) is 0 Å². The van der Waals surface area contributed by atoms with Crippen LogP contribution in [0.5, 0.6) is 0 Å². The largest absolute Gasteiger partial charge is 0.469 e. The minimum absolute atomic E-state index is 0.108. The molecule has 0 spiro atoms. The van der Waals surface area contributed by atoms with Crippen molar-refractivity contribution in [1.29, 1.82) is 0 Å². The zero-order valence-electron chi connectivity index (χ0n) is 16.3. The van der Waals surface area contributed by atoms with Crippen LogP contribution in [-0.4, -0.2) is 25.7 Å². The fourth-order valence-corrected chi connectivity index (χ4v) is 3.82. The van der Waals surface area contributed by atoms with Gasteiger partial charge < -0.3 is 15.4 Å². The van der Waals surface area contributed by atoms with Crippen molar-refractivity contribution in [2.24, 2.45) is 5.92 Å². The molecule has 0 heterocycles. The number of nitrogen functional groups attached to an aromatic ring is 1. The molecule has 2 N–H and O–H groups in total. The van der Waals surface area contributed by atoms with Crippen LogP contribution in [-0.2, 0) is 9.53 Å². The van der Waals surface area contributed by atoms with E-state index in [2.05, 4.69) is 30.9 Å². The van der Waals surface area contributed by atoms with E-state index in [0.29, 0.717) is 18.4 Å². The molecule has 2 rings (SSSR count). The SMILES string of the molecule is COC(=O)C[C@@H](C)c1ccc(N(CC(C)C)C2CCCCC2)c(N)c1. The summed E-state index contributed by atoms with van der Waals surface area (Å²) in [5, 5.41) is 0. The lowest BCUT2D eigenvalue weighted by molar-refractivity contribution is -0.140. The highest BCUT2D eigenvalue weighted by molar-refractivity contribution is 5.72. The summed E-state index contributed by atoms with van der Waals surface area (Å²) in [6.45, 7) is 7.60. The molecule has 0 aromatic heterocycles. The van der Waals surface area contributed by atoms with Crippen LogP contribution in [0.1, 0.15) is 70.8 Å². The predicted molar refractivity (Wildman–Crippen MR) is 105 cm³/mol. The number of methoxy groups -OCH3 is 1. The van der Waals surface area contributed by atoms with Gasteiger partial charge in [-0.05, 0) is 42.4 Å². The highest BCUT2D eigenvalue weighted by Gasteiger charge is 2.24. The van der Waals surface area contributed by atoms with E-state index in [1.165, 1.54) is 39.2 Å². The van der Waals surface area contributed by atoms with Gasteiger partial charge in [-0.1, -0.05) is 46.1 Å². The first-order valence-electron chi connectivity index (χ1n) is 9.65. The number of nitrogens with zero attached hydrogens (tertiary/aromatic N) is 1. The average Bonchev–Trinajstić information content (AvgIpc) is 2.60. The highest BCUT2D eigenvalue weighted by Crippen LogP contribution is 2.34. The second-order valence-electron chi connectivity index (χ2n) is 7.84. The quantitative estimate of drug-likeness (QED) is 0.573. The smallest absolute Gasteiger partial charge is 0.306 e. The summed E-state index contributed by atoms with van der Waals surface area (Å²) in [5.74, 6) is 0.523. The zero-order valence-corrected chi connectivity index (χ0v) is 16.3. The molecule has 4 heteroatoms. The maximum atomic E-state index is 11.5. The van der Waals surface area contributed by atoms with Gasteiger partial charge in [0.25, 0.3) is 0 Å². The van der Waals surface area contributed by atoms with E-state index in [0.717, 1.165) is 23.5 Å². The Hall–Kier alpha value is -1.71. The third-order valence-corrected chi connectivity index (χ3v) is 5.21. The van der Waals surface area contributed by atoms with Gasteiger partial charge in [0.2, 0.25) is 0 Å². The second-order valence-corrected chi connectivity index (χ2v) is 7.84. The van der Waals surface area contributed by atoms with E-state index in [9.17, 15) is 4.79 Å². The van der Waals surface area contributed by atoms with Crippen LogP contribution < -0.4 is 10.6 Å². The Morgan fingerprint density at radius 2 is 1.92 bits per heavy atom. The third-order valence-electron chi connectivity index (χ3n) is 5.21. The van der Waals surface area contributed by atoms with Crippen LogP contribution in [0.2, 0.25) is 0 Å². The van der Waals surface area contributed by atoms with Crippen LogP contribution >= 0.6 is 0 Å². The van der Waals surface area contributed by atoms with Crippen molar-refractivity contribution < 1.29 is 9.53 Å². The van der Waals surface area contributed by atoms with Gasteiger partial charge in [-0.2, -0.15) is 0 Å². The van der Waals surface area contributed by atoms with Gasteiger partial charge in [-0.25, -0.2) is 0 Å². The summed E-state index contributed by atoms with van der Waals surface area (Å²) >= 11 is 0. The monoisotopic (exact) mass is 346 g/mol. The molecule has 1 aromatic rings. The van der Waals surface area contributed by atoms with Crippen molar-refractivity contribution in [2.75, 3.05) is 24.3 Å². The minimum Gasteiger partial charge on any atom is -0.469 e. The molecule has 1 aromatic carbocycles. The minimum atomic E-state index is -0.182. The summed E-state index contributed by atoms with van der Waals surface area (Å²) in [4.78, 5) is 14.0. The Labute approximate surface area is 152 Å². The molecule has 0 amide bonds. The summed E-state index contributed by atoms with van der Waals surface area (Å²) in [7, 11) is 1.43. The molecule has 4 nitrogen and oxygen atoms in total. The Bertz CT molecular complexity index is 565. The lowest BCUT2D eigenvalue weighted by atomic mass is 9.92. The van der Waals surface area contributed by atoms with Crippen LogP contribution in [0.4, 0.5) is 11.4 Å². The molecule has 0 radical (unpaired) electrons. The molecule has 25 heavy (non-hydrogen) atoms. The lowest BCUT2D eigenvalue weighted by Gasteiger charge is -2.38. The number of rotatable bonds is 7. The number of hydrogen-bond donors (Lipinski definition) is 1. The number of benzene rings is 1. The van der Waals surface area contributed by atoms with Crippen LogP contribution in [0, 0.1) is 5.92 Å². The molecule has 1 atom stereocenters. The molecule has 140 valence electrons. The standard InChI is InChI=1S/C21H34N2O2/c1-15(2)14-23(18-8-6-5-7-9-18)20-11-10-17(13-19(20)22)16(3)12-21(24)25-4/h10-11,13,15-16,18H,5-9,12,14,22H2,1-4H3/t16-/m1/s1. The van der Waals surface area contributed by atoms with E-state index in [4.69, 9.17) is 10.5 Å². The Balaban J connectivity index is 2.21. The van der Waals surface area contributed by atoms with Crippen molar-refractivity contribution in [1.82, 2.24) is 0 Å². The van der Waals surface area contributed by atoms with Crippen molar-refractivity contribution in [3.8, 4) is 0 Å². The number of nitrogens with two attached hydrogens (primary N) is 1. The summed E-state index contributed by atoms with van der Waals surface area (Å²) in [6, 6.07) is 6.90. The van der Waals surface area contributed by atoms with E-state index in [1.807, 2.05) is 13.0 Å². The summed E-state index contributed by atoms with van der Waals surface area (Å²) in [5.41, 5.74) is 9.51. The summed E-state index contributed by atoms with van der Waals surface area (Å²) in [6.07, 6.45) is 6.87. The number of carbonyl (C=O) groups is 1. The fraction of sp³-hybridized carbons (Fsp3) is 0.667. The van der Waals surface area contributed by atoms with E-state index in [-0.39, 0.29) is 11.9 Å². The lowest BCUT2D eigenvalue weighted by Crippen LogP contribution is -2.39. The molecule has 0 unspecified atom stereocenters. The van der Waals surface area contributed by atoms with Crippen molar-refractivity contribution >= 4 is 17.3 Å². The number of esters is 1. The molecular weight excluding hydrogens is 312 g/mol. The molecule has 1 aliphatic carbocycles. The molecule has 0 saturated heterocycles. The van der Waals surface area contributed by atoms with Gasteiger partial charge in [0, 0.05) is 12.6 Å². The van der Waals surface area contributed by atoms with E-state index < -0.39 is 0 Å². The number of anilines is 2. The van der Waals surface area contributed by atoms with Crippen LogP contribution in [0.3, 0.4) is 0 Å². The maximum Gasteiger partial charge on any atom is 0.306 e. The normalized spacial score (nSPS) is 16.7. The third kappa shape index (κ3) is 5.38. The predicted octanol–water partition coefficient (Wildman–Crippen LogP) is 4.73. The second kappa shape index (κ2) is 9.12. The topological polar surface area (TPSA) is 55.6 Å². The van der Waals surface area contributed by atoms with E-state index >= 15 is 0 Å². The Morgan fingerprint density at radius 3 is 2.48 bits per heavy atom.